The van der Waals surface area contributed by atoms with Gasteiger partial charge in [-0.2, -0.15) is 0 Å². The van der Waals surface area contributed by atoms with Crippen molar-refractivity contribution in [3.05, 3.63) is 11.1 Å². The number of thiazole rings is 1. The van der Waals surface area contributed by atoms with Gasteiger partial charge in [-0.1, -0.05) is 6.92 Å². The minimum absolute atomic E-state index is 0.214. The van der Waals surface area contributed by atoms with Crippen LogP contribution in [-0.2, 0) is 14.9 Å². The molecule has 1 aromatic heterocycles. The molecule has 1 heterocycles. The predicted molar refractivity (Wildman–Crippen MR) is 86.8 cm³/mol. The van der Waals surface area contributed by atoms with Crippen LogP contribution >= 0.6 is 11.3 Å². The van der Waals surface area contributed by atoms with Crippen LogP contribution in [0.4, 0.5) is 5.13 Å². The molecule has 0 saturated heterocycles. The number of carbonyl (C=O) groups is 1. The molecular formula is C16H26N2O2S. The molecule has 0 bridgehead atoms. The summed E-state index contributed by atoms with van der Waals surface area (Å²) in [6.07, 6.45) is 4.98. The molecule has 2 rings (SSSR count). The number of nitrogens with zero attached hydrogens (tertiary/aromatic N) is 1. The van der Waals surface area contributed by atoms with E-state index in [9.17, 15) is 4.79 Å². The number of rotatable bonds is 5. The standard InChI is InChI=1S/C16H26N2O2S/c1-5-20-14(19)16(3,4)13-10-21-15(18-13)17-12-8-6-11(2)7-9-12/h10-12H,5-9H2,1-4H3,(H,17,18). The van der Waals surface area contributed by atoms with E-state index in [4.69, 9.17) is 4.74 Å². The van der Waals surface area contributed by atoms with Gasteiger partial charge in [-0.05, 0) is 52.4 Å². The first-order chi connectivity index (χ1) is 9.93. The molecule has 1 aliphatic carbocycles. The van der Waals surface area contributed by atoms with E-state index >= 15 is 0 Å². The summed E-state index contributed by atoms with van der Waals surface area (Å²) >= 11 is 1.58. The van der Waals surface area contributed by atoms with Crippen LogP contribution in [0.1, 0.15) is 59.1 Å². The molecule has 0 radical (unpaired) electrons. The van der Waals surface area contributed by atoms with Gasteiger partial charge in [0.05, 0.1) is 12.3 Å². The summed E-state index contributed by atoms with van der Waals surface area (Å²) in [7, 11) is 0. The Hall–Kier alpha value is -1.10. The average molecular weight is 310 g/mol. The maximum Gasteiger partial charge on any atom is 0.317 e. The van der Waals surface area contributed by atoms with E-state index in [0.29, 0.717) is 12.6 Å². The highest BCUT2D eigenvalue weighted by Gasteiger charge is 2.34. The molecule has 0 aromatic carbocycles. The van der Waals surface area contributed by atoms with E-state index in [1.807, 2.05) is 26.2 Å². The Bertz CT molecular complexity index is 476. The zero-order valence-corrected chi connectivity index (χ0v) is 14.3. The smallest absolute Gasteiger partial charge is 0.317 e. The molecule has 21 heavy (non-hydrogen) atoms. The summed E-state index contributed by atoms with van der Waals surface area (Å²) in [6, 6.07) is 0.519. The number of aromatic nitrogens is 1. The van der Waals surface area contributed by atoms with Crippen LogP contribution in [0.3, 0.4) is 0 Å². The summed E-state index contributed by atoms with van der Waals surface area (Å²) in [6.45, 7) is 8.28. The zero-order chi connectivity index (χ0) is 15.5. The maximum absolute atomic E-state index is 12.0. The van der Waals surface area contributed by atoms with Gasteiger partial charge in [0.15, 0.2) is 5.13 Å². The molecule has 0 spiro atoms. The monoisotopic (exact) mass is 310 g/mol. The zero-order valence-electron chi connectivity index (χ0n) is 13.4. The normalized spacial score (nSPS) is 22.9. The number of hydrogen-bond donors (Lipinski definition) is 1. The van der Waals surface area contributed by atoms with Crippen molar-refractivity contribution in [1.29, 1.82) is 0 Å². The Balaban J connectivity index is 1.99. The molecule has 0 atom stereocenters. The Morgan fingerprint density at radius 1 is 1.43 bits per heavy atom. The molecule has 118 valence electrons. The molecule has 4 nitrogen and oxygen atoms in total. The van der Waals surface area contributed by atoms with Gasteiger partial charge in [-0.25, -0.2) is 4.98 Å². The third-order valence-electron chi connectivity index (χ3n) is 4.27. The van der Waals surface area contributed by atoms with Crippen molar-refractivity contribution in [2.45, 2.75) is 64.8 Å². The van der Waals surface area contributed by atoms with Crippen LogP contribution in [0, 0.1) is 5.92 Å². The minimum Gasteiger partial charge on any atom is -0.465 e. The number of anilines is 1. The molecule has 1 aliphatic rings. The Morgan fingerprint density at radius 3 is 2.71 bits per heavy atom. The highest BCUT2D eigenvalue weighted by molar-refractivity contribution is 7.13. The summed E-state index contributed by atoms with van der Waals surface area (Å²) < 4.78 is 5.14. The van der Waals surface area contributed by atoms with Crippen LogP contribution in [0.15, 0.2) is 5.38 Å². The first-order valence-electron chi connectivity index (χ1n) is 7.83. The van der Waals surface area contributed by atoms with E-state index in [0.717, 1.165) is 16.7 Å². The second kappa shape index (κ2) is 6.77. The second-order valence-electron chi connectivity index (χ2n) is 6.48. The van der Waals surface area contributed by atoms with Gasteiger partial charge in [0, 0.05) is 11.4 Å². The van der Waals surface area contributed by atoms with Gasteiger partial charge in [0.25, 0.3) is 0 Å². The summed E-state index contributed by atoms with van der Waals surface area (Å²) in [4.78, 5) is 16.6. The molecule has 5 heteroatoms. The van der Waals surface area contributed by atoms with Crippen LogP contribution in [-0.4, -0.2) is 23.6 Å². The fourth-order valence-corrected chi connectivity index (χ4v) is 3.58. The van der Waals surface area contributed by atoms with Crippen molar-refractivity contribution in [3.63, 3.8) is 0 Å². The molecule has 1 fully saturated rings. The average Bonchev–Trinajstić information content (AvgIpc) is 2.91. The molecule has 0 aliphatic heterocycles. The lowest BCUT2D eigenvalue weighted by atomic mass is 9.87. The minimum atomic E-state index is -0.687. The first kappa shape index (κ1) is 16.3. The van der Waals surface area contributed by atoms with Crippen LogP contribution in [0.25, 0.3) is 0 Å². The second-order valence-corrected chi connectivity index (χ2v) is 7.34. The highest BCUT2D eigenvalue weighted by atomic mass is 32.1. The largest absolute Gasteiger partial charge is 0.465 e. The maximum atomic E-state index is 12.0. The predicted octanol–water partition coefficient (Wildman–Crippen LogP) is 3.97. The third kappa shape index (κ3) is 3.96. The molecule has 1 saturated carbocycles. The molecule has 0 amide bonds. The number of esters is 1. The number of ether oxygens (including phenoxy) is 1. The molecule has 1 N–H and O–H groups in total. The topological polar surface area (TPSA) is 51.2 Å². The van der Waals surface area contributed by atoms with Gasteiger partial charge in [-0.15, -0.1) is 11.3 Å². The highest BCUT2D eigenvalue weighted by Crippen LogP contribution is 2.31. The van der Waals surface area contributed by atoms with E-state index < -0.39 is 5.41 Å². The summed E-state index contributed by atoms with van der Waals surface area (Å²) in [5, 5.41) is 6.40. The van der Waals surface area contributed by atoms with Crippen LogP contribution in [0.5, 0.6) is 0 Å². The molecule has 1 aromatic rings. The fraction of sp³-hybridized carbons (Fsp3) is 0.750. The summed E-state index contributed by atoms with van der Waals surface area (Å²) in [5.41, 5.74) is 0.102. The number of hydrogen-bond acceptors (Lipinski definition) is 5. The first-order valence-corrected chi connectivity index (χ1v) is 8.71. The van der Waals surface area contributed by atoms with Crippen molar-refractivity contribution in [2.24, 2.45) is 5.92 Å². The summed E-state index contributed by atoms with van der Waals surface area (Å²) in [5.74, 6) is 0.631. The quantitative estimate of drug-likeness (QED) is 0.836. The van der Waals surface area contributed by atoms with Crippen molar-refractivity contribution in [2.75, 3.05) is 11.9 Å². The Kier molecular flexibility index (Phi) is 5.25. The van der Waals surface area contributed by atoms with Gasteiger partial charge >= 0.3 is 5.97 Å². The number of nitrogens with one attached hydrogen (secondary N) is 1. The van der Waals surface area contributed by atoms with Gasteiger partial charge < -0.3 is 10.1 Å². The third-order valence-corrected chi connectivity index (χ3v) is 5.05. The lowest BCUT2D eigenvalue weighted by Gasteiger charge is -2.26. The van der Waals surface area contributed by atoms with Crippen molar-refractivity contribution in [3.8, 4) is 0 Å². The van der Waals surface area contributed by atoms with E-state index in [1.54, 1.807) is 11.3 Å². The SMILES string of the molecule is CCOC(=O)C(C)(C)c1csc(NC2CCC(C)CC2)n1. The Morgan fingerprint density at radius 2 is 2.10 bits per heavy atom. The number of carbonyl (C=O) groups excluding carboxylic acids is 1. The van der Waals surface area contributed by atoms with Crippen LogP contribution in [0.2, 0.25) is 0 Å². The lowest BCUT2D eigenvalue weighted by Crippen LogP contribution is -2.31. The van der Waals surface area contributed by atoms with Gasteiger partial charge in [-0.3, -0.25) is 4.79 Å². The van der Waals surface area contributed by atoms with Crippen molar-refractivity contribution < 1.29 is 9.53 Å². The van der Waals surface area contributed by atoms with Crippen LogP contribution < -0.4 is 5.32 Å². The van der Waals surface area contributed by atoms with E-state index in [-0.39, 0.29) is 5.97 Å². The molecule has 0 unspecified atom stereocenters. The lowest BCUT2D eigenvalue weighted by molar-refractivity contribution is -0.148. The molecular weight excluding hydrogens is 284 g/mol. The van der Waals surface area contributed by atoms with Gasteiger partial charge in [0.2, 0.25) is 0 Å². The van der Waals surface area contributed by atoms with E-state index in [1.165, 1.54) is 25.7 Å². The van der Waals surface area contributed by atoms with E-state index in [2.05, 4.69) is 17.2 Å². The fourth-order valence-electron chi connectivity index (χ4n) is 2.62. The van der Waals surface area contributed by atoms with Gasteiger partial charge in [0.1, 0.15) is 5.41 Å². The van der Waals surface area contributed by atoms with Crippen molar-refractivity contribution >= 4 is 22.4 Å². The Labute approximate surface area is 131 Å². The van der Waals surface area contributed by atoms with Crippen molar-refractivity contribution in [1.82, 2.24) is 4.98 Å².